The number of rotatable bonds is 4. The first-order chi connectivity index (χ1) is 10.8. The average molecular weight is 445 g/mol. The van der Waals surface area contributed by atoms with Crippen LogP contribution in [-0.4, -0.2) is 34.5 Å². The van der Waals surface area contributed by atoms with Gasteiger partial charge in [0.2, 0.25) is 5.89 Å². The molecule has 2 heterocycles. The predicted molar refractivity (Wildman–Crippen MR) is 108 cm³/mol. The largest absolute Gasteiger partial charge is 0.443 e. The molecule has 0 amide bonds. The Labute approximate surface area is 161 Å². The van der Waals surface area contributed by atoms with E-state index in [1.807, 2.05) is 26.4 Å². The van der Waals surface area contributed by atoms with Crippen molar-refractivity contribution in [1.29, 1.82) is 0 Å². The van der Waals surface area contributed by atoms with Crippen LogP contribution in [0.15, 0.2) is 33.9 Å². The number of aryl methyl sites for hydroxylation is 1. The van der Waals surface area contributed by atoms with Gasteiger partial charge < -0.3 is 19.2 Å². The minimum Gasteiger partial charge on any atom is -0.443 e. The van der Waals surface area contributed by atoms with E-state index in [4.69, 9.17) is 4.42 Å². The summed E-state index contributed by atoms with van der Waals surface area (Å²) in [7, 11) is 5.83. The van der Waals surface area contributed by atoms with Gasteiger partial charge in [-0.15, -0.1) is 24.0 Å². The Bertz CT molecular complexity index is 669. The molecule has 0 aliphatic rings. The van der Waals surface area contributed by atoms with Gasteiger partial charge in [-0.3, -0.25) is 4.99 Å². The molecule has 0 aromatic carbocycles. The molecule has 0 aliphatic heterocycles. The fraction of sp³-hybridized carbons (Fsp3) is 0.529. The topological polar surface area (TPSA) is 58.6 Å². The Hall–Kier alpha value is -1.51. The Morgan fingerprint density at radius 1 is 1.42 bits per heavy atom. The smallest absolute Gasteiger partial charge is 0.213 e. The highest BCUT2D eigenvalue weighted by Crippen LogP contribution is 2.22. The fourth-order valence-electron chi connectivity index (χ4n) is 2.26. The number of aliphatic imine (C=N–C) groups is 1. The summed E-state index contributed by atoms with van der Waals surface area (Å²) in [6.07, 6.45) is 3.84. The number of aromatic nitrogens is 2. The molecule has 0 aliphatic carbocycles. The lowest BCUT2D eigenvalue weighted by Gasteiger charge is -2.22. The lowest BCUT2D eigenvalue weighted by molar-refractivity contribution is 0.376. The van der Waals surface area contributed by atoms with Crippen LogP contribution in [0.2, 0.25) is 0 Å². The van der Waals surface area contributed by atoms with Crippen molar-refractivity contribution < 1.29 is 4.42 Å². The van der Waals surface area contributed by atoms with E-state index >= 15 is 0 Å². The van der Waals surface area contributed by atoms with Gasteiger partial charge in [-0.25, -0.2) is 4.98 Å². The third kappa shape index (κ3) is 5.25. The van der Waals surface area contributed by atoms with Crippen LogP contribution in [0.4, 0.5) is 0 Å². The summed E-state index contributed by atoms with van der Waals surface area (Å²) in [4.78, 5) is 10.7. The number of hydrogen-bond acceptors (Lipinski definition) is 3. The van der Waals surface area contributed by atoms with Crippen molar-refractivity contribution in [3.63, 3.8) is 0 Å². The van der Waals surface area contributed by atoms with Crippen molar-refractivity contribution in [3.8, 4) is 0 Å². The quantitative estimate of drug-likeness (QED) is 0.447. The van der Waals surface area contributed by atoms with Crippen molar-refractivity contribution in [2.24, 2.45) is 12.0 Å². The average Bonchev–Trinajstić information content (AvgIpc) is 3.09. The van der Waals surface area contributed by atoms with E-state index in [0.29, 0.717) is 12.4 Å². The van der Waals surface area contributed by atoms with Crippen molar-refractivity contribution in [2.75, 3.05) is 14.1 Å². The molecule has 6 nitrogen and oxygen atoms in total. The fourth-order valence-corrected chi connectivity index (χ4v) is 2.26. The summed E-state index contributed by atoms with van der Waals surface area (Å²) in [6.45, 7) is 7.62. The number of halogens is 1. The highest BCUT2D eigenvalue weighted by atomic mass is 127. The molecule has 0 saturated heterocycles. The zero-order valence-corrected chi connectivity index (χ0v) is 17.7. The molecule has 0 atom stereocenters. The molecule has 1 N–H and O–H groups in total. The maximum absolute atomic E-state index is 5.80. The number of guanidine groups is 1. The normalized spacial score (nSPS) is 12.0. The van der Waals surface area contributed by atoms with Crippen LogP contribution in [0, 0.1) is 0 Å². The van der Waals surface area contributed by atoms with Gasteiger partial charge in [-0.2, -0.15) is 0 Å². The van der Waals surface area contributed by atoms with Gasteiger partial charge in [0.25, 0.3) is 0 Å². The zero-order chi connectivity index (χ0) is 17.0. The van der Waals surface area contributed by atoms with Gasteiger partial charge in [0.1, 0.15) is 5.76 Å². The van der Waals surface area contributed by atoms with Gasteiger partial charge in [0.05, 0.1) is 19.3 Å². The van der Waals surface area contributed by atoms with E-state index in [-0.39, 0.29) is 29.4 Å². The minimum absolute atomic E-state index is 0. The minimum atomic E-state index is -0.0315. The van der Waals surface area contributed by atoms with Crippen molar-refractivity contribution >= 4 is 29.9 Å². The van der Waals surface area contributed by atoms with Crippen LogP contribution < -0.4 is 5.32 Å². The molecule has 134 valence electrons. The first-order valence-corrected chi connectivity index (χ1v) is 7.78. The molecule has 7 heteroatoms. The molecule has 2 aromatic heterocycles. The maximum Gasteiger partial charge on any atom is 0.213 e. The first-order valence-electron chi connectivity index (χ1n) is 7.78. The Kier molecular flexibility index (Phi) is 7.31. The van der Waals surface area contributed by atoms with Crippen LogP contribution in [0.3, 0.4) is 0 Å². The van der Waals surface area contributed by atoms with E-state index in [2.05, 4.69) is 51.6 Å². The molecule has 0 saturated carbocycles. The summed E-state index contributed by atoms with van der Waals surface area (Å²) >= 11 is 0. The monoisotopic (exact) mass is 445 g/mol. The van der Waals surface area contributed by atoms with Crippen LogP contribution in [-0.2, 0) is 25.6 Å². The van der Waals surface area contributed by atoms with Gasteiger partial charge >= 0.3 is 0 Å². The molecular weight excluding hydrogens is 417 g/mol. The molecule has 24 heavy (non-hydrogen) atoms. The third-order valence-electron chi connectivity index (χ3n) is 3.71. The molecule has 2 aromatic rings. The second-order valence-electron chi connectivity index (χ2n) is 6.74. The van der Waals surface area contributed by atoms with Crippen LogP contribution in [0.1, 0.15) is 38.1 Å². The Balaban J connectivity index is 0.00000288. The zero-order valence-electron chi connectivity index (χ0n) is 15.3. The predicted octanol–water partition coefficient (Wildman–Crippen LogP) is 3.14. The van der Waals surface area contributed by atoms with E-state index in [9.17, 15) is 0 Å². The van der Waals surface area contributed by atoms with Gasteiger partial charge in [0.15, 0.2) is 5.96 Å². The number of nitrogens with one attached hydrogen (secondary N) is 1. The van der Waals surface area contributed by atoms with Crippen LogP contribution >= 0.6 is 24.0 Å². The second kappa shape index (κ2) is 8.55. The van der Waals surface area contributed by atoms with E-state index in [0.717, 1.165) is 18.3 Å². The first kappa shape index (κ1) is 20.5. The third-order valence-corrected chi connectivity index (χ3v) is 3.71. The lowest BCUT2D eigenvalue weighted by atomic mass is 9.94. The summed E-state index contributed by atoms with van der Waals surface area (Å²) in [6, 6.07) is 4.15. The summed E-state index contributed by atoms with van der Waals surface area (Å²) in [5, 5.41) is 3.29. The number of nitrogens with zero attached hydrogens (tertiary/aromatic N) is 4. The van der Waals surface area contributed by atoms with Crippen LogP contribution in [0.5, 0.6) is 0 Å². The van der Waals surface area contributed by atoms with Crippen molar-refractivity contribution in [1.82, 2.24) is 19.8 Å². The second-order valence-corrected chi connectivity index (χ2v) is 6.74. The number of oxazole rings is 1. The molecule has 0 spiro atoms. The highest BCUT2D eigenvalue weighted by Gasteiger charge is 2.19. The molecule has 0 radical (unpaired) electrons. The van der Waals surface area contributed by atoms with Crippen molar-refractivity contribution in [3.05, 3.63) is 41.9 Å². The summed E-state index contributed by atoms with van der Waals surface area (Å²) in [5.74, 6) is 2.37. The maximum atomic E-state index is 5.80. The lowest BCUT2D eigenvalue weighted by Crippen LogP contribution is -2.38. The Morgan fingerprint density at radius 2 is 2.12 bits per heavy atom. The van der Waals surface area contributed by atoms with Gasteiger partial charge in [0, 0.05) is 38.4 Å². The molecule has 0 unspecified atom stereocenters. The van der Waals surface area contributed by atoms with E-state index in [1.54, 1.807) is 13.2 Å². The molecule has 0 bridgehead atoms. The number of hydrogen-bond donors (Lipinski definition) is 1. The Morgan fingerprint density at radius 3 is 2.62 bits per heavy atom. The van der Waals surface area contributed by atoms with E-state index < -0.39 is 0 Å². The highest BCUT2D eigenvalue weighted by molar-refractivity contribution is 14.0. The van der Waals surface area contributed by atoms with Gasteiger partial charge in [-0.05, 0) is 12.1 Å². The van der Waals surface area contributed by atoms with Gasteiger partial charge in [-0.1, -0.05) is 20.8 Å². The van der Waals surface area contributed by atoms with E-state index in [1.165, 1.54) is 5.69 Å². The summed E-state index contributed by atoms with van der Waals surface area (Å²) in [5.41, 5.74) is 1.19. The van der Waals surface area contributed by atoms with Crippen molar-refractivity contribution in [2.45, 2.75) is 39.3 Å². The SMILES string of the molecule is CN=C(NCc1ncc(C(C)(C)C)o1)N(C)Cc1cccn1C.I. The standard InChI is InChI=1S/C17H27N5O.HI/c1-17(2,3)14-10-19-15(23-14)11-20-16(18-4)22(6)12-13-8-7-9-21(13)5;/h7-10H,11-12H2,1-6H3,(H,18,20);1H. The molecule has 0 fully saturated rings. The van der Waals surface area contributed by atoms with Crippen LogP contribution in [0.25, 0.3) is 0 Å². The molecular formula is C17H28IN5O. The summed E-state index contributed by atoms with van der Waals surface area (Å²) < 4.78 is 7.90. The molecule has 2 rings (SSSR count).